The lowest BCUT2D eigenvalue weighted by atomic mass is 10.1. The minimum absolute atomic E-state index is 0.334. The van der Waals surface area contributed by atoms with Crippen LogP contribution in [0.5, 0.6) is 0 Å². The van der Waals surface area contributed by atoms with Gasteiger partial charge in [-0.15, -0.1) is 11.3 Å². The van der Waals surface area contributed by atoms with Gasteiger partial charge < -0.3 is 4.90 Å². The molecule has 104 valence electrons. The minimum Gasteiger partial charge on any atom is -0.342 e. The van der Waals surface area contributed by atoms with Crippen molar-refractivity contribution in [3.05, 3.63) is 21.9 Å². The molecular formula is C15H22N2OS. The second-order valence-corrected chi connectivity index (χ2v) is 6.63. The van der Waals surface area contributed by atoms with Crippen molar-refractivity contribution in [1.82, 2.24) is 9.80 Å². The maximum absolute atomic E-state index is 12.4. The molecule has 0 aliphatic carbocycles. The van der Waals surface area contributed by atoms with Crippen LogP contribution in [0.3, 0.4) is 0 Å². The van der Waals surface area contributed by atoms with Crippen molar-refractivity contribution in [2.24, 2.45) is 0 Å². The smallest absolute Gasteiger partial charge is 0.236 e. The molecule has 3 rings (SSSR count). The predicted octanol–water partition coefficient (Wildman–Crippen LogP) is 2.51. The fourth-order valence-electron chi connectivity index (χ4n) is 3.05. The van der Waals surface area contributed by atoms with E-state index in [0.29, 0.717) is 12.5 Å². The summed E-state index contributed by atoms with van der Waals surface area (Å²) >= 11 is 1.86. The lowest BCUT2D eigenvalue weighted by Gasteiger charge is -2.29. The molecule has 4 heteroatoms. The summed E-state index contributed by atoms with van der Waals surface area (Å²) in [6.07, 6.45) is 6.04. The highest BCUT2D eigenvalue weighted by Gasteiger charge is 2.22. The second kappa shape index (κ2) is 6.06. The van der Waals surface area contributed by atoms with E-state index < -0.39 is 0 Å². The van der Waals surface area contributed by atoms with E-state index in [1.165, 1.54) is 36.1 Å². The quantitative estimate of drug-likeness (QED) is 0.830. The number of rotatable bonds is 2. The zero-order valence-corrected chi connectivity index (χ0v) is 12.3. The van der Waals surface area contributed by atoms with E-state index in [1.807, 2.05) is 11.3 Å². The summed E-state index contributed by atoms with van der Waals surface area (Å²) in [6, 6.07) is 2.21. The molecule has 1 saturated heterocycles. The summed E-state index contributed by atoms with van der Waals surface area (Å²) in [7, 11) is 0. The van der Waals surface area contributed by atoms with Gasteiger partial charge in [-0.05, 0) is 36.3 Å². The number of carbonyl (C=O) groups excluding carboxylic acids is 1. The topological polar surface area (TPSA) is 23.6 Å². The van der Waals surface area contributed by atoms with Gasteiger partial charge in [0.05, 0.1) is 6.54 Å². The number of nitrogens with zero attached hydrogens (tertiary/aromatic N) is 2. The molecule has 1 aromatic heterocycles. The molecule has 2 aliphatic heterocycles. The Balaban J connectivity index is 1.55. The summed E-state index contributed by atoms with van der Waals surface area (Å²) in [6.45, 7) is 4.54. The van der Waals surface area contributed by atoms with Crippen LogP contribution in [0.2, 0.25) is 0 Å². The average Bonchev–Trinajstić information content (AvgIpc) is 2.71. The monoisotopic (exact) mass is 278 g/mol. The first-order chi connectivity index (χ1) is 9.33. The zero-order chi connectivity index (χ0) is 13.1. The van der Waals surface area contributed by atoms with Crippen molar-refractivity contribution in [1.29, 1.82) is 0 Å². The number of fused-ring (bicyclic) bond motifs is 1. The molecule has 0 aromatic carbocycles. The number of carbonyl (C=O) groups is 1. The van der Waals surface area contributed by atoms with Crippen LogP contribution in [0.4, 0.5) is 0 Å². The predicted molar refractivity (Wildman–Crippen MR) is 78.3 cm³/mol. The maximum atomic E-state index is 12.4. The molecular weight excluding hydrogens is 256 g/mol. The first-order valence-electron chi connectivity index (χ1n) is 7.38. The Labute approximate surface area is 119 Å². The molecule has 0 atom stereocenters. The Morgan fingerprint density at radius 1 is 1.16 bits per heavy atom. The summed E-state index contributed by atoms with van der Waals surface area (Å²) < 4.78 is 0. The van der Waals surface area contributed by atoms with Crippen LogP contribution < -0.4 is 0 Å². The van der Waals surface area contributed by atoms with Gasteiger partial charge >= 0.3 is 0 Å². The number of hydrogen-bond donors (Lipinski definition) is 0. The lowest BCUT2D eigenvalue weighted by molar-refractivity contribution is -0.132. The third-order valence-electron chi connectivity index (χ3n) is 4.20. The molecule has 3 nitrogen and oxygen atoms in total. The molecule has 1 fully saturated rings. The van der Waals surface area contributed by atoms with Crippen LogP contribution in [0, 0.1) is 0 Å². The molecule has 3 heterocycles. The van der Waals surface area contributed by atoms with Crippen molar-refractivity contribution in [2.75, 3.05) is 26.2 Å². The van der Waals surface area contributed by atoms with Crippen LogP contribution in [0.1, 0.15) is 36.1 Å². The molecule has 0 N–H and O–H groups in total. The molecule has 19 heavy (non-hydrogen) atoms. The lowest BCUT2D eigenvalue weighted by Crippen LogP contribution is -2.42. The van der Waals surface area contributed by atoms with E-state index in [-0.39, 0.29) is 0 Å². The fraction of sp³-hybridized carbons (Fsp3) is 0.667. The van der Waals surface area contributed by atoms with E-state index in [1.54, 1.807) is 0 Å². The van der Waals surface area contributed by atoms with Crippen LogP contribution in [0.15, 0.2) is 11.4 Å². The first-order valence-corrected chi connectivity index (χ1v) is 8.26. The molecule has 0 bridgehead atoms. The van der Waals surface area contributed by atoms with Crippen molar-refractivity contribution in [3.8, 4) is 0 Å². The Morgan fingerprint density at radius 2 is 1.95 bits per heavy atom. The third-order valence-corrected chi connectivity index (χ3v) is 5.23. The van der Waals surface area contributed by atoms with Crippen molar-refractivity contribution in [3.63, 3.8) is 0 Å². The highest BCUT2D eigenvalue weighted by molar-refractivity contribution is 7.10. The highest BCUT2D eigenvalue weighted by atomic mass is 32.1. The minimum atomic E-state index is 0.334. The van der Waals surface area contributed by atoms with Crippen LogP contribution >= 0.6 is 11.3 Å². The molecule has 0 unspecified atom stereocenters. The standard InChI is InChI=1S/C15H22N2OS/c18-15(17-7-3-1-2-4-8-17)12-16-9-5-14-13(11-16)6-10-19-14/h6,10H,1-5,7-9,11-12H2. The summed E-state index contributed by atoms with van der Waals surface area (Å²) in [4.78, 5) is 18.3. The van der Waals surface area contributed by atoms with E-state index in [9.17, 15) is 4.79 Å². The molecule has 1 aromatic rings. The van der Waals surface area contributed by atoms with Gasteiger partial charge in [-0.25, -0.2) is 0 Å². The maximum Gasteiger partial charge on any atom is 0.236 e. The largest absolute Gasteiger partial charge is 0.342 e. The van der Waals surface area contributed by atoms with E-state index >= 15 is 0 Å². The van der Waals surface area contributed by atoms with Gasteiger partial charge in [-0.1, -0.05) is 12.8 Å². The van der Waals surface area contributed by atoms with E-state index in [0.717, 1.165) is 32.6 Å². The summed E-state index contributed by atoms with van der Waals surface area (Å²) in [5.74, 6) is 0.334. The molecule has 1 amide bonds. The number of likely N-dealkylation sites (tertiary alicyclic amines) is 1. The Morgan fingerprint density at radius 3 is 2.74 bits per heavy atom. The normalized spacial score (nSPS) is 20.9. The average molecular weight is 278 g/mol. The molecule has 0 spiro atoms. The van der Waals surface area contributed by atoms with Gasteiger partial charge in [0.2, 0.25) is 5.91 Å². The SMILES string of the molecule is O=C(CN1CCc2sccc2C1)N1CCCCCC1. The van der Waals surface area contributed by atoms with Gasteiger partial charge in [0.1, 0.15) is 0 Å². The van der Waals surface area contributed by atoms with Crippen LogP contribution in [-0.4, -0.2) is 41.9 Å². The van der Waals surface area contributed by atoms with Gasteiger partial charge in [-0.3, -0.25) is 9.69 Å². The Hall–Kier alpha value is -0.870. The van der Waals surface area contributed by atoms with Crippen LogP contribution in [-0.2, 0) is 17.8 Å². The van der Waals surface area contributed by atoms with Gasteiger partial charge in [0, 0.05) is 31.1 Å². The molecule has 0 radical (unpaired) electrons. The highest BCUT2D eigenvalue weighted by Crippen LogP contribution is 2.24. The number of amides is 1. The molecule has 0 saturated carbocycles. The first kappa shape index (κ1) is 13.1. The van der Waals surface area contributed by atoms with E-state index in [2.05, 4.69) is 21.2 Å². The summed E-state index contributed by atoms with van der Waals surface area (Å²) in [5.41, 5.74) is 1.43. The number of hydrogen-bond acceptors (Lipinski definition) is 3. The van der Waals surface area contributed by atoms with Crippen molar-refractivity contribution in [2.45, 2.75) is 38.6 Å². The Kier molecular flexibility index (Phi) is 4.18. The van der Waals surface area contributed by atoms with E-state index in [4.69, 9.17) is 0 Å². The van der Waals surface area contributed by atoms with Gasteiger partial charge in [0.15, 0.2) is 0 Å². The van der Waals surface area contributed by atoms with Gasteiger partial charge in [0.25, 0.3) is 0 Å². The third kappa shape index (κ3) is 3.18. The Bertz CT molecular complexity index is 435. The van der Waals surface area contributed by atoms with Crippen molar-refractivity contribution < 1.29 is 4.79 Å². The fourth-order valence-corrected chi connectivity index (χ4v) is 3.94. The van der Waals surface area contributed by atoms with Gasteiger partial charge in [-0.2, -0.15) is 0 Å². The number of thiophene rings is 1. The zero-order valence-electron chi connectivity index (χ0n) is 11.4. The second-order valence-electron chi connectivity index (χ2n) is 5.62. The molecule has 2 aliphatic rings. The van der Waals surface area contributed by atoms with Crippen molar-refractivity contribution >= 4 is 17.2 Å². The van der Waals surface area contributed by atoms with Crippen LogP contribution in [0.25, 0.3) is 0 Å². The summed E-state index contributed by atoms with van der Waals surface area (Å²) in [5, 5.41) is 2.17.